The van der Waals surface area contributed by atoms with E-state index in [4.69, 9.17) is 16.7 Å². The number of rotatable bonds is 7. The predicted octanol–water partition coefficient (Wildman–Crippen LogP) is 5.48. The number of carbonyl (C=O) groups excluding carboxylic acids is 2. The van der Waals surface area contributed by atoms with Gasteiger partial charge in [0.25, 0.3) is 5.91 Å². The SMILES string of the molecule is CC(=O)Nc1cccc(C(=O)N(C)Cc2cn(Cc3ccccc3Cl)nc2-c2ccccc2)c1. The summed E-state index contributed by atoms with van der Waals surface area (Å²) in [5.41, 5.74) is 4.77. The molecule has 4 rings (SSSR count). The molecule has 1 N–H and O–H groups in total. The predicted molar refractivity (Wildman–Crippen MR) is 135 cm³/mol. The maximum absolute atomic E-state index is 13.1. The maximum Gasteiger partial charge on any atom is 0.253 e. The molecule has 0 aliphatic rings. The van der Waals surface area contributed by atoms with Gasteiger partial charge in [0, 0.05) is 54.1 Å². The second kappa shape index (κ2) is 10.4. The summed E-state index contributed by atoms with van der Waals surface area (Å²) in [4.78, 5) is 26.2. The number of hydrogen-bond donors (Lipinski definition) is 1. The van der Waals surface area contributed by atoms with Crippen LogP contribution in [0.25, 0.3) is 11.3 Å². The highest BCUT2D eigenvalue weighted by Gasteiger charge is 2.18. The van der Waals surface area contributed by atoms with E-state index in [2.05, 4.69) is 5.32 Å². The van der Waals surface area contributed by atoms with E-state index < -0.39 is 0 Å². The van der Waals surface area contributed by atoms with Crippen LogP contribution in [0, 0.1) is 0 Å². The molecule has 0 radical (unpaired) electrons. The van der Waals surface area contributed by atoms with E-state index in [1.165, 1.54) is 6.92 Å². The third kappa shape index (κ3) is 5.53. The van der Waals surface area contributed by atoms with E-state index in [9.17, 15) is 9.59 Å². The fourth-order valence-electron chi connectivity index (χ4n) is 3.78. The van der Waals surface area contributed by atoms with Gasteiger partial charge in [-0.05, 0) is 29.8 Å². The van der Waals surface area contributed by atoms with Crippen LogP contribution >= 0.6 is 11.6 Å². The van der Waals surface area contributed by atoms with E-state index in [1.54, 1.807) is 36.2 Å². The Bertz CT molecular complexity index is 1320. The number of carbonyl (C=O) groups is 2. The summed E-state index contributed by atoms with van der Waals surface area (Å²) in [6, 6.07) is 24.5. The number of amides is 2. The first-order valence-corrected chi connectivity index (χ1v) is 11.3. The molecule has 3 aromatic carbocycles. The van der Waals surface area contributed by atoms with Gasteiger partial charge in [-0.3, -0.25) is 14.3 Å². The van der Waals surface area contributed by atoms with Crippen LogP contribution in [0.1, 0.15) is 28.4 Å². The number of benzene rings is 3. The molecule has 1 aromatic heterocycles. The zero-order valence-electron chi connectivity index (χ0n) is 19.0. The highest BCUT2D eigenvalue weighted by atomic mass is 35.5. The molecule has 0 spiro atoms. The largest absolute Gasteiger partial charge is 0.337 e. The second-order valence-corrected chi connectivity index (χ2v) is 8.49. The molecule has 0 atom stereocenters. The quantitative estimate of drug-likeness (QED) is 0.387. The van der Waals surface area contributed by atoms with Gasteiger partial charge in [-0.15, -0.1) is 0 Å². The number of anilines is 1. The van der Waals surface area contributed by atoms with Crippen molar-refractivity contribution in [2.75, 3.05) is 12.4 Å². The van der Waals surface area contributed by atoms with Crippen molar-refractivity contribution in [3.8, 4) is 11.3 Å². The fraction of sp³-hybridized carbons (Fsp3) is 0.148. The van der Waals surface area contributed by atoms with Crippen LogP contribution in [-0.4, -0.2) is 33.5 Å². The average Bonchev–Trinajstić information content (AvgIpc) is 3.22. The normalized spacial score (nSPS) is 10.7. The van der Waals surface area contributed by atoms with Crippen molar-refractivity contribution in [3.05, 3.63) is 107 Å². The van der Waals surface area contributed by atoms with Gasteiger partial charge >= 0.3 is 0 Å². The van der Waals surface area contributed by atoms with Gasteiger partial charge in [-0.2, -0.15) is 5.10 Å². The number of nitrogens with one attached hydrogen (secondary N) is 1. The standard InChI is InChI=1S/C27H25ClN4O2/c1-19(33)29-24-13-8-12-21(15-24)27(34)31(2)16-23-18-32(17-22-11-6-7-14-25(22)28)30-26(23)20-9-4-3-5-10-20/h3-15,18H,16-17H2,1-2H3,(H,29,33). The average molecular weight is 473 g/mol. The van der Waals surface area contributed by atoms with Gasteiger partial charge in [-0.25, -0.2) is 0 Å². The Morgan fingerprint density at radius 2 is 1.71 bits per heavy atom. The van der Waals surface area contributed by atoms with Crippen LogP contribution in [0.3, 0.4) is 0 Å². The molecule has 6 nitrogen and oxygen atoms in total. The van der Waals surface area contributed by atoms with E-state index >= 15 is 0 Å². The third-order valence-electron chi connectivity index (χ3n) is 5.36. The Hall–Kier alpha value is -3.90. The lowest BCUT2D eigenvalue weighted by molar-refractivity contribution is -0.114. The van der Waals surface area contributed by atoms with E-state index in [-0.39, 0.29) is 11.8 Å². The van der Waals surface area contributed by atoms with Crippen LogP contribution in [0.5, 0.6) is 0 Å². The topological polar surface area (TPSA) is 67.2 Å². The molecule has 0 aliphatic heterocycles. The molecule has 172 valence electrons. The van der Waals surface area contributed by atoms with Crippen LogP contribution in [0.2, 0.25) is 5.02 Å². The summed E-state index contributed by atoms with van der Waals surface area (Å²) in [5.74, 6) is -0.332. The third-order valence-corrected chi connectivity index (χ3v) is 5.73. The van der Waals surface area contributed by atoms with E-state index in [0.717, 1.165) is 22.4 Å². The molecular weight excluding hydrogens is 448 g/mol. The molecule has 0 saturated heterocycles. The summed E-state index contributed by atoms with van der Waals surface area (Å²) in [6.07, 6.45) is 1.96. The molecule has 0 bridgehead atoms. The van der Waals surface area contributed by atoms with Crippen molar-refractivity contribution < 1.29 is 9.59 Å². The molecule has 7 heteroatoms. The van der Waals surface area contributed by atoms with Crippen molar-refractivity contribution in [2.24, 2.45) is 0 Å². The number of aromatic nitrogens is 2. The number of hydrogen-bond acceptors (Lipinski definition) is 3. The van der Waals surface area contributed by atoms with Crippen molar-refractivity contribution in [1.82, 2.24) is 14.7 Å². The van der Waals surface area contributed by atoms with Crippen molar-refractivity contribution in [3.63, 3.8) is 0 Å². The molecule has 4 aromatic rings. The van der Waals surface area contributed by atoms with E-state index in [0.29, 0.717) is 29.4 Å². The summed E-state index contributed by atoms with van der Waals surface area (Å²) < 4.78 is 1.86. The minimum Gasteiger partial charge on any atom is -0.337 e. The molecule has 34 heavy (non-hydrogen) atoms. The summed E-state index contributed by atoms with van der Waals surface area (Å²) in [7, 11) is 1.76. The van der Waals surface area contributed by atoms with Crippen molar-refractivity contribution in [1.29, 1.82) is 0 Å². The van der Waals surface area contributed by atoms with Crippen molar-refractivity contribution in [2.45, 2.75) is 20.0 Å². The minimum absolute atomic E-state index is 0.148. The Labute approximate surface area is 203 Å². The summed E-state index contributed by atoms with van der Waals surface area (Å²) in [5, 5.41) is 8.23. The van der Waals surface area contributed by atoms with Gasteiger partial charge in [0.05, 0.1) is 12.2 Å². The Balaban J connectivity index is 1.61. The smallest absolute Gasteiger partial charge is 0.253 e. The molecule has 0 aliphatic carbocycles. The first kappa shape index (κ1) is 23.3. The van der Waals surface area contributed by atoms with Gasteiger partial charge in [0.15, 0.2) is 0 Å². The molecule has 0 unspecified atom stereocenters. The second-order valence-electron chi connectivity index (χ2n) is 8.08. The molecule has 0 fully saturated rings. The van der Waals surface area contributed by atoms with Gasteiger partial charge in [-0.1, -0.05) is 66.2 Å². The Kier molecular flexibility index (Phi) is 7.09. The summed E-state index contributed by atoms with van der Waals surface area (Å²) >= 11 is 6.36. The molecular formula is C27H25ClN4O2. The zero-order chi connectivity index (χ0) is 24.1. The zero-order valence-corrected chi connectivity index (χ0v) is 19.8. The molecule has 0 saturated carbocycles. The number of nitrogens with zero attached hydrogens (tertiary/aromatic N) is 3. The van der Waals surface area contributed by atoms with E-state index in [1.807, 2.05) is 65.5 Å². The lowest BCUT2D eigenvalue weighted by Crippen LogP contribution is -2.26. The van der Waals surface area contributed by atoms with Gasteiger partial charge in [0.1, 0.15) is 0 Å². The molecule has 2 amide bonds. The van der Waals surface area contributed by atoms with Crippen molar-refractivity contribution >= 4 is 29.1 Å². The van der Waals surface area contributed by atoms with Crippen LogP contribution < -0.4 is 5.32 Å². The maximum atomic E-state index is 13.1. The fourth-order valence-corrected chi connectivity index (χ4v) is 3.98. The first-order valence-electron chi connectivity index (χ1n) is 10.9. The first-order chi connectivity index (χ1) is 16.4. The minimum atomic E-state index is -0.184. The monoisotopic (exact) mass is 472 g/mol. The van der Waals surface area contributed by atoms with Gasteiger partial charge in [0.2, 0.25) is 5.91 Å². The lowest BCUT2D eigenvalue weighted by Gasteiger charge is -2.18. The number of halogens is 1. The summed E-state index contributed by atoms with van der Waals surface area (Å²) in [6.45, 7) is 2.33. The highest BCUT2D eigenvalue weighted by molar-refractivity contribution is 6.31. The highest BCUT2D eigenvalue weighted by Crippen LogP contribution is 2.25. The van der Waals surface area contributed by atoms with Gasteiger partial charge < -0.3 is 10.2 Å². The van der Waals surface area contributed by atoms with Crippen LogP contribution in [0.15, 0.2) is 85.1 Å². The molecule has 1 heterocycles. The Morgan fingerprint density at radius 3 is 2.44 bits per heavy atom. The Morgan fingerprint density at radius 1 is 0.971 bits per heavy atom. The lowest BCUT2D eigenvalue weighted by atomic mass is 10.1. The van der Waals surface area contributed by atoms with Crippen LogP contribution in [0.4, 0.5) is 5.69 Å². The van der Waals surface area contributed by atoms with Crippen LogP contribution in [-0.2, 0) is 17.9 Å².